The Morgan fingerprint density at radius 2 is 2.00 bits per heavy atom. The Morgan fingerprint density at radius 1 is 1.23 bits per heavy atom. The van der Waals surface area contributed by atoms with Crippen LogP contribution in [0, 0.1) is 5.82 Å². The third kappa shape index (κ3) is 5.44. The van der Waals surface area contributed by atoms with Crippen LogP contribution in [0.25, 0.3) is 21.3 Å². The Hall–Kier alpha value is -3.64. The van der Waals surface area contributed by atoms with Crippen LogP contribution in [0.1, 0.15) is 37.6 Å². The summed E-state index contributed by atoms with van der Waals surface area (Å²) in [6.07, 6.45) is -1.27. The summed E-state index contributed by atoms with van der Waals surface area (Å²) in [5.41, 5.74) is 0.817. The lowest BCUT2D eigenvalue weighted by Gasteiger charge is -2.41. The molecule has 1 atom stereocenters. The second-order valence-corrected chi connectivity index (χ2v) is 11.7. The number of hydrogen-bond donors (Lipinski definition) is 2. The van der Waals surface area contributed by atoms with Gasteiger partial charge in [-0.1, -0.05) is 22.9 Å². The number of carbonyl (C=O) groups excluding carboxylic acids is 2. The molecule has 39 heavy (non-hydrogen) atoms. The van der Waals surface area contributed by atoms with E-state index >= 15 is 0 Å². The lowest BCUT2D eigenvalue weighted by atomic mass is 9.99. The molecule has 1 saturated heterocycles. The summed E-state index contributed by atoms with van der Waals surface area (Å²) in [6.45, 7) is 6.14. The first kappa shape index (κ1) is 26.9. The summed E-state index contributed by atoms with van der Waals surface area (Å²) < 4.78 is 26.2. The number of thiazole rings is 1. The zero-order chi connectivity index (χ0) is 28.1. The van der Waals surface area contributed by atoms with Crippen molar-refractivity contribution in [3.8, 4) is 16.9 Å². The van der Waals surface area contributed by atoms with E-state index in [2.05, 4.69) is 10.3 Å². The molecule has 13 heteroatoms. The molecule has 10 nitrogen and oxygen atoms in total. The molecule has 2 aromatic carbocycles. The van der Waals surface area contributed by atoms with Crippen LogP contribution in [-0.2, 0) is 4.74 Å². The molecule has 0 aliphatic carbocycles. The highest BCUT2D eigenvalue weighted by molar-refractivity contribution is 7.22. The molecular weight excluding hydrogens is 551 g/mol. The summed E-state index contributed by atoms with van der Waals surface area (Å²) in [5.74, 6) is -0.489. The third-order valence-corrected chi connectivity index (χ3v) is 7.71. The molecule has 0 unspecified atom stereocenters. The van der Waals surface area contributed by atoms with Crippen molar-refractivity contribution in [3.63, 3.8) is 0 Å². The van der Waals surface area contributed by atoms with Crippen LogP contribution in [0.15, 0.2) is 24.3 Å². The highest BCUT2D eigenvalue weighted by Crippen LogP contribution is 2.41. The molecule has 0 spiro atoms. The molecule has 0 bridgehead atoms. The van der Waals surface area contributed by atoms with E-state index in [1.165, 1.54) is 23.1 Å². The van der Waals surface area contributed by atoms with Gasteiger partial charge in [-0.15, -0.1) is 0 Å². The van der Waals surface area contributed by atoms with Crippen LogP contribution in [0.3, 0.4) is 0 Å². The van der Waals surface area contributed by atoms with E-state index in [1.54, 1.807) is 31.7 Å². The quantitative estimate of drug-likeness (QED) is 0.402. The van der Waals surface area contributed by atoms with Gasteiger partial charge in [-0.05, 0) is 45.0 Å². The Kier molecular flexibility index (Phi) is 7.02. The minimum absolute atomic E-state index is 0.158. The molecule has 0 saturated carbocycles. The lowest BCUT2D eigenvalue weighted by molar-refractivity contribution is 0.0374. The first-order chi connectivity index (χ1) is 18.4. The summed E-state index contributed by atoms with van der Waals surface area (Å²) >= 11 is 7.64. The predicted molar refractivity (Wildman–Crippen MR) is 144 cm³/mol. The number of nitrogens with one attached hydrogen (secondary N) is 1. The fourth-order valence-corrected chi connectivity index (χ4v) is 5.83. The molecular formula is C26H26ClFN4O6S. The Balaban J connectivity index is 1.49. The molecule has 3 aromatic rings. The van der Waals surface area contributed by atoms with Crippen molar-refractivity contribution in [1.29, 1.82) is 0 Å². The van der Waals surface area contributed by atoms with Crippen molar-refractivity contribution < 1.29 is 33.4 Å². The van der Waals surface area contributed by atoms with Crippen molar-refractivity contribution in [2.24, 2.45) is 0 Å². The number of nitrogens with zero attached hydrogens (tertiary/aromatic N) is 3. The Morgan fingerprint density at radius 3 is 2.72 bits per heavy atom. The molecule has 2 aliphatic rings. The molecule has 1 fully saturated rings. The van der Waals surface area contributed by atoms with Crippen LogP contribution in [0.2, 0.25) is 5.02 Å². The number of aromatic nitrogens is 1. The zero-order valence-electron chi connectivity index (χ0n) is 21.4. The van der Waals surface area contributed by atoms with E-state index in [9.17, 15) is 23.9 Å². The van der Waals surface area contributed by atoms with Crippen LogP contribution >= 0.6 is 22.9 Å². The second-order valence-electron chi connectivity index (χ2n) is 10.3. The minimum atomic E-state index is -1.02. The summed E-state index contributed by atoms with van der Waals surface area (Å²) in [5, 5.41) is 12.3. The van der Waals surface area contributed by atoms with E-state index in [1.807, 2.05) is 0 Å². The van der Waals surface area contributed by atoms with Crippen molar-refractivity contribution in [2.45, 2.75) is 38.8 Å². The predicted octanol–water partition coefficient (Wildman–Crippen LogP) is 5.69. The number of benzene rings is 2. The van der Waals surface area contributed by atoms with Crippen molar-refractivity contribution in [3.05, 3.63) is 40.7 Å². The Bertz CT molecular complexity index is 1490. The van der Waals surface area contributed by atoms with Gasteiger partial charge in [0.05, 0.1) is 28.4 Å². The molecule has 3 amide bonds. The summed E-state index contributed by atoms with van der Waals surface area (Å²) in [7, 11) is 0. The van der Waals surface area contributed by atoms with E-state index in [-0.39, 0.29) is 64.1 Å². The number of amides is 3. The van der Waals surface area contributed by atoms with E-state index < -0.39 is 23.6 Å². The molecule has 1 aromatic heterocycles. The van der Waals surface area contributed by atoms with Gasteiger partial charge in [0.1, 0.15) is 17.2 Å². The van der Waals surface area contributed by atoms with Crippen molar-refractivity contribution in [1.82, 2.24) is 14.8 Å². The summed E-state index contributed by atoms with van der Waals surface area (Å²) in [4.78, 5) is 44.5. The first-order valence-electron chi connectivity index (χ1n) is 12.3. The third-order valence-electron chi connectivity index (χ3n) is 6.42. The van der Waals surface area contributed by atoms with Crippen LogP contribution < -0.4 is 10.1 Å². The van der Waals surface area contributed by atoms with E-state index in [4.69, 9.17) is 21.1 Å². The number of piperazine rings is 1. The summed E-state index contributed by atoms with van der Waals surface area (Å²) in [6, 6.07) is 5.67. The van der Waals surface area contributed by atoms with Crippen LogP contribution in [0.5, 0.6) is 5.75 Å². The number of fused-ring (bicyclic) bond motifs is 3. The fourth-order valence-electron chi connectivity index (χ4n) is 4.69. The standard InChI is InChI=1S/C26H26ClFN4O6S/c1-26(2,3)38-24(34)30-23-29-20-14(4-5-18(28)21(20)39-23)15-11-19-16(10-17(15)27)22(33)32-8-7-31(25(35)36)12-13(32)6-9-37-19/h4-5,10-11,13H,6-9,12H2,1-3H3,(H,35,36)(H,29,30,34)/t13-/m1/s1. The SMILES string of the molecule is CC(C)(C)OC(=O)Nc1nc2c(-c3cc4c(cc3Cl)C(=O)N3CCN(C(=O)O)C[C@H]3CCO4)ccc(F)c2s1. The normalized spacial score (nSPS) is 17.6. The monoisotopic (exact) mass is 576 g/mol. The van der Waals surface area contributed by atoms with Gasteiger partial charge >= 0.3 is 12.2 Å². The van der Waals surface area contributed by atoms with Crippen LogP contribution in [-0.4, -0.2) is 75.9 Å². The minimum Gasteiger partial charge on any atom is -0.493 e. The van der Waals surface area contributed by atoms with E-state index in [0.717, 1.165) is 11.3 Å². The van der Waals surface area contributed by atoms with Crippen LogP contribution in [0.4, 0.5) is 19.1 Å². The van der Waals surface area contributed by atoms with Gasteiger partial charge in [-0.3, -0.25) is 10.1 Å². The lowest BCUT2D eigenvalue weighted by Crippen LogP contribution is -2.57. The molecule has 2 N–H and O–H groups in total. The number of rotatable bonds is 2. The van der Waals surface area contributed by atoms with Gasteiger partial charge in [0.2, 0.25) is 0 Å². The maximum atomic E-state index is 14.7. The maximum absolute atomic E-state index is 14.7. The number of anilines is 1. The van der Waals surface area contributed by atoms with Gasteiger partial charge in [0, 0.05) is 42.2 Å². The van der Waals surface area contributed by atoms with Gasteiger partial charge in [0.15, 0.2) is 5.13 Å². The van der Waals surface area contributed by atoms with Crippen molar-refractivity contribution in [2.75, 3.05) is 31.6 Å². The topological polar surface area (TPSA) is 121 Å². The number of carboxylic acid groups (broad SMARTS) is 1. The average Bonchev–Trinajstić information content (AvgIpc) is 3.27. The number of hydrogen-bond acceptors (Lipinski definition) is 7. The largest absolute Gasteiger partial charge is 0.493 e. The second kappa shape index (κ2) is 10.2. The highest BCUT2D eigenvalue weighted by Gasteiger charge is 2.36. The zero-order valence-corrected chi connectivity index (χ0v) is 23.0. The molecule has 0 radical (unpaired) electrons. The first-order valence-corrected chi connectivity index (χ1v) is 13.5. The van der Waals surface area contributed by atoms with Gasteiger partial charge in [-0.25, -0.2) is 19.0 Å². The number of ether oxygens (including phenoxy) is 2. The molecule has 3 heterocycles. The Labute approximate surface area is 232 Å². The molecule has 5 rings (SSSR count). The van der Waals surface area contributed by atoms with Gasteiger partial charge < -0.3 is 24.4 Å². The highest BCUT2D eigenvalue weighted by atomic mass is 35.5. The maximum Gasteiger partial charge on any atom is 0.413 e. The molecule has 206 valence electrons. The van der Waals surface area contributed by atoms with E-state index in [0.29, 0.717) is 23.3 Å². The van der Waals surface area contributed by atoms with Gasteiger partial charge in [0.25, 0.3) is 5.91 Å². The smallest absolute Gasteiger partial charge is 0.413 e. The van der Waals surface area contributed by atoms with Gasteiger partial charge in [-0.2, -0.15) is 0 Å². The fraction of sp³-hybridized carbons (Fsp3) is 0.385. The van der Waals surface area contributed by atoms with Crippen molar-refractivity contribution >= 4 is 56.4 Å². The number of halogens is 2. The average molecular weight is 577 g/mol. The molecule has 2 aliphatic heterocycles. The number of carbonyl (C=O) groups is 3.